The molecule has 1 N–H and O–H groups in total. The van der Waals surface area contributed by atoms with Gasteiger partial charge >= 0.3 is 0 Å². The van der Waals surface area contributed by atoms with E-state index in [-0.39, 0.29) is 11.9 Å². The third-order valence-corrected chi connectivity index (χ3v) is 3.72. The first kappa shape index (κ1) is 14.6. The van der Waals surface area contributed by atoms with E-state index in [1.165, 1.54) is 0 Å². The Morgan fingerprint density at radius 3 is 2.74 bits per heavy atom. The highest BCUT2D eigenvalue weighted by Crippen LogP contribution is 2.25. The molecule has 0 radical (unpaired) electrons. The summed E-state index contributed by atoms with van der Waals surface area (Å²) < 4.78 is 5.27. The maximum Gasteiger partial charge on any atom is 0.241 e. The van der Waals surface area contributed by atoms with Crippen molar-refractivity contribution in [1.82, 2.24) is 4.90 Å². The normalized spacial score (nSPS) is 18.1. The number of halogens is 2. The first-order valence-corrected chi connectivity index (χ1v) is 6.91. The van der Waals surface area contributed by atoms with Gasteiger partial charge in [0, 0.05) is 18.1 Å². The van der Waals surface area contributed by atoms with Gasteiger partial charge in [-0.05, 0) is 25.1 Å². The minimum Gasteiger partial charge on any atom is -0.379 e. The average molecular weight is 303 g/mol. The number of carbonyl (C=O) groups excluding carboxylic acids is 1. The second kappa shape index (κ2) is 6.57. The van der Waals surface area contributed by atoms with Crippen LogP contribution in [-0.4, -0.2) is 43.2 Å². The number of hydrogen-bond acceptors (Lipinski definition) is 3. The van der Waals surface area contributed by atoms with Gasteiger partial charge in [-0.15, -0.1) is 0 Å². The van der Waals surface area contributed by atoms with Crippen molar-refractivity contribution in [3.63, 3.8) is 0 Å². The number of hydrogen-bond donors (Lipinski definition) is 1. The van der Waals surface area contributed by atoms with E-state index in [0.29, 0.717) is 28.9 Å². The molecule has 1 aromatic rings. The molecule has 2 rings (SSSR count). The van der Waals surface area contributed by atoms with Crippen LogP contribution in [0, 0.1) is 0 Å². The summed E-state index contributed by atoms with van der Waals surface area (Å²) in [6.07, 6.45) is 0. The zero-order valence-electron chi connectivity index (χ0n) is 10.7. The highest BCUT2D eigenvalue weighted by atomic mass is 35.5. The van der Waals surface area contributed by atoms with Gasteiger partial charge in [0.2, 0.25) is 5.91 Å². The third kappa shape index (κ3) is 3.83. The van der Waals surface area contributed by atoms with Gasteiger partial charge in [0.05, 0.1) is 30.0 Å². The fourth-order valence-corrected chi connectivity index (χ4v) is 2.30. The van der Waals surface area contributed by atoms with Crippen LogP contribution in [0.1, 0.15) is 6.92 Å². The Balaban J connectivity index is 2.01. The van der Waals surface area contributed by atoms with Gasteiger partial charge in [-0.25, -0.2) is 0 Å². The topological polar surface area (TPSA) is 41.6 Å². The zero-order chi connectivity index (χ0) is 13.8. The minimum atomic E-state index is -0.223. The average Bonchev–Trinajstić information content (AvgIpc) is 2.43. The molecule has 4 nitrogen and oxygen atoms in total. The molecule has 19 heavy (non-hydrogen) atoms. The van der Waals surface area contributed by atoms with Gasteiger partial charge in [0.1, 0.15) is 0 Å². The molecule has 1 aliphatic rings. The molecule has 0 spiro atoms. The monoisotopic (exact) mass is 302 g/mol. The predicted molar refractivity (Wildman–Crippen MR) is 76.9 cm³/mol. The van der Waals surface area contributed by atoms with E-state index in [0.717, 1.165) is 13.1 Å². The molecule has 0 saturated carbocycles. The highest BCUT2D eigenvalue weighted by molar-refractivity contribution is 6.35. The molecule has 104 valence electrons. The molecule has 1 fully saturated rings. The van der Waals surface area contributed by atoms with Crippen molar-refractivity contribution in [3.05, 3.63) is 28.2 Å². The van der Waals surface area contributed by atoms with Crippen LogP contribution >= 0.6 is 23.2 Å². The van der Waals surface area contributed by atoms with Crippen LogP contribution in [0.4, 0.5) is 5.69 Å². The number of rotatable bonds is 3. The molecule has 1 aromatic carbocycles. The van der Waals surface area contributed by atoms with Crippen LogP contribution in [0.3, 0.4) is 0 Å². The lowest BCUT2D eigenvalue weighted by atomic mass is 10.2. The molecule has 1 heterocycles. The largest absolute Gasteiger partial charge is 0.379 e. The fourth-order valence-electron chi connectivity index (χ4n) is 1.96. The Labute approximate surface area is 122 Å². The summed E-state index contributed by atoms with van der Waals surface area (Å²) in [7, 11) is 0. The van der Waals surface area contributed by atoms with Crippen LogP contribution in [-0.2, 0) is 9.53 Å². The third-order valence-electron chi connectivity index (χ3n) is 3.16. The molecule has 0 unspecified atom stereocenters. The zero-order valence-corrected chi connectivity index (χ0v) is 12.2. The standard InChI is InChI=1S/C13H16Cl2N2O2/c1-9(17-4-6-19-7-5-17)13(18)16-12-8-10(14)2-3-11(12)15/h2-3,8-9H,4-7H2,1H3,(H,16,18)/t9-/m0/s1. The molecule has 1 aliphatic heterocycles. The van der Waals surface area contributed by atoms with Crippen LogP contribution in [0.25, 0.3) is 0 Å². The number of nitrogens with zero attached hydrogens (tertiary/aromatic N) is 1. The van der Waals surface area contributed by atoms with Gasteiger partial charge in [-0.3, -0.25) is 9.69 Å². The summed E-state index contributed by atoms with van der Waals surface area (Å²) in [5, 5.41) is 3.83. The van der Waals surface area contributed by atoms with Crippen LogP contribution < -0.4 is 5.32 Å². The van der Waals surface area contributed by atoms with Crippen molar-refractivity contribution in [2.24, 2.45) is 0 Å². The number of anilines is 1. The summed E-state index contributed by atoms with van der Waals surface area (Å²) >= 11 is 11.9. The lowest BCUT2D eigenvalue weighted by Gasteiger charge is -2.31. The Kier molecular flexibility index (Phi) is 5.05. The molecule has 0 aromatic heterocycles. The second-order valence-electron chi connectivity index (χ2n) is 4.44. The number of benzene rings is 1. The van der Waals surface area contributed by atoms with Crippen molar-refractivity contribution in [2.75, 3.05) is 31.6 Å². The Hall–Kier alpha value is -0.810. The first-order valence-electron chi connectivity index (χ1n) is 6.15. The number of carbonyl (C=O) groups is 1. The lowest BCUT2D eigenvalue weighted by molar-refractivity contribution is -0.122. The van der Waals surface area contributed by atoms with Crippen molar-refractivity contribution in [1.29, 1.82) is 0 Å². The number of ether oxygens (including phenoxy) is 1. The number of amides is 1. The molecule has 6 heteroatoms. The van der Waals surface area contributed by atoms with E-state index in [9.17, 15) is 4.79 Å². The van der Waals surface area contributed by atoms with E-state index < -0.39 is 0 Å². The van der Waals surface area contributed by atoms with Crippen molar-refractivity contribution in [3.8, 4) is 0 Å². The lowest BCUT2D eigenvalue weighted by Crippen LogP contribution is -2.47. The molecule has 1 atom stereocenters. The molecule has 0 aliphatic carbocycles. The molecule has 1 amide bonds. The molecule has 1 saturated heterocycles. The fraction of sp³-hybridized carbons (Fsp3) is 0.462. The van der Waals surface area contributed by atoms with Gasteiger partial charge in [0.15, 0.2) is 0 Å². The van der Waals surface area contributed by atoms with Crippen LogP contribution in [0.2, 0.25) is 10.0 Å². The summed E-state index contributed by atoms with van der Waals surface area (Å²) in [5.41, 5.74) is 0.541. The van der Waals surface area contributed by atoms with E-state index in [4.69, 9.17) is 27.9 Å². The Bertz CT molecular complexity index is 462. The summed E-state index contributed by atoms with van der Waals surface area (Å²) in [6.45, 7) is 4.72. The van der Waals surface area contributed by atoms with E-state index in [1.807, 2.05) is 6.92 Å². The highest BCUT2D eigenvalue weighted by Gasteiger charge is 2.23. The van der Waals surface area contributed by atoms with Gasteiger partial charge < -0.3 is 10.1 Å². The minimum absolute atomic E-state index is 0.0916. The Morgan fingerprint density at radius 2 is 2.05 bits per heavy atom. The quantitative estimate of drug-likeness (QED) is 0.933. The van der Waals surface area contributed by atoms with Crippen molar-refractivity contribution < 1.29 is 9.53 Å². The van der Waals surface area contributed by atoms with Crippen LogP contribution in [0.15, 0.2) is 18.2 Å². The smallest absolute Gasteiger partial charge is 0.241 e. The van der Waals surface area contributed by atoms with E-state index >= 15 is 0 Å². The molecular formula is C13H16Cl2N2O2. The van der Waals surface area contributed by atoms with Crippen molar-refractivity contribution >= 4 is 34.8 Å². The number of morpholine rings is 1. The maximum absolute atomic E-state index is 12.2. The summed E-state index contributed by atoms with van der Waals surface area (Å²) in [5.74, 6) is -0.0916. The maximum atomic E-state index is 12.2. The van der Waals surface area contributed by atoms with Gasteiger partial charge in [-0.1, -0.05) is 23.2 Å². The predicted octanol–water partition coefficient (Wildman–Crippen LogP) is 2.65. The van der Waals surface area contributed by atoms with E-state index in [1.54, 1.807) is 18.2 Å². The summed E-state index contributed by atoms with van der Waals surface area (Å²) in [6, 6.07) is 4.77. The summed E-state index contributed by atoms with van der Waals surface area (Å²) in [4.78, 5) is 14.3. The van der Waals surface area contributed by atoms with Crippen molar-refractivity contribution in [2.45, 2.75) is 13.0 Å². The van der Waals surface area contributed by atoms with E-state index in [2.05, 4.69) is 10.2 Å². The van der Waals surface area contributed by atoms with Gasteiger partial charge in [0.25, 0.3) is 0 Å². The molecule has 0 bridgehead atoms. The van der Waals surface area contributed by atoms with Crippen LogP contribution in [0.5, 0.6) is 0 Å². The number of nitrogens with one attached hydrogen (secondary N) is 1. The SMILES string of the molecule is C[C@@H](C(=O)Nc1cc(Cl)ccc1Cl)N1CCOCC1. The first-order chi connectivity index (χ1) is 9.08. The second-order valence-corrected chi connectivity index (χ2v) is 5.28. The van der Waals surface area contributed by atoms with Gasteiger partial charge in [-0.2, -0.15) is 0 Å². The Morgan fingerprint density at radius 1 is 1.37 bits per heavy atom. The molecular weight excluding hydrogens is 287 g/mol.